The molecule has 1 aliphatic rings. The van der Waals surface area contributed by atoms with Crippen molar-refractivity contribution < 1.29 is 4.74 Å². The fraction of sp³-hybridized carbons (Fsp3) is 0.647. The Labute approximate surface area is 131 Å². The van der Waals surface area contributed by atoms with E-state index in [9.17, 15) is 0 Å². The molecule has 0 heterocycles. The van der Waals surface area contributed by atoms with Gasteiger partial charge in [0, 0.05) is 23.7 Å². The van der Waals surface area contributed by atoms with Crippen LogP contribution in [0.3, 0.4) is 0 Å². The summed E-state index contributed by atoms with van der Waals surface area (Å²) in [6.45, 7) is 8.49. The number of halogens is 1. The molecule has 0 aliphatic heterocycles. The Bertz CT molecular complexity index is 423. The molecule has 0 spiro atoms. The molecule has 1 atom stereocenters. The zero-order valence-electron chi connectivity index (χ0n) is 12.8. The van der Waals surface area contributed by atoms with Gasteiger partial charge in [-0.15, -0.1) is 0 Å². The maximum Gasteiger partial charge on any atom is 0.0949 e. The molecular weight excluding hydrogens is 314 g/mol. The van der Waals surface area contributed by atoms with Crippen molar-refractivity contribution in [1.29, 1.82) is 0 Å². The minimum Gasteiger partial charge on any atom is -0.372 e. The highest BCUT2D eigenvalue weighted by Crippen LogP contribution is 2.25. The van der Waals surface area contributed by atoms with Gasteiger partial charge in [0.2, 0.25) is 0 Å². The summed E-state index contributed by atoms with van der Waals surface area (Å²) in [4.78, 5) is 0. The van der Waals surface area contributed by atoms with Crippen LogP contribution in [0.25, 0.3) is 0 Å². The molecule has 1 aromatic rings. The Balaban J connectivity index is 1.92. The molecule has 0 saturated heterocycles. The van der Waals surface area contributed by atoms with Gasteiger partial charge in [-0.2, -0.15) is 0 Å². The molecule has 0 bridgehead atoms. The topological polar surface area (TPSA) is 21.3 Å². The van der Waals surface area contributed by atoms with Crippen LogP contribution in [0, 0.1) is 5.41 Å². The molecule has 112 valence electrons. The largest absolute Gasteiger partial charge is 0.372 e. The Morgan fingerprint density at radius 3 is 2.70 bits per heavy atom. The summed E-state index contributed by atoms with van der Waals surface area (Å²) in [6.07, 6.45) is 3.86. The first-order valence-electron chi connectivity index (χ1n) is 7.54. The number of rotatable bonds is 7. The number of hydrogen-bond donors (Lipinski definition) is 1. The summed E-state index contributed by atoms with van der Waals surface area (Å²) in [6, 6.07) is 9.17. The third kappa shape index (κ3) is 5.94. The maximum absolute atomic E-state index is 6.15. The van der Waals surface area contributed by atoms with Gasteiger partial charge in [0.15, 0.2) is 0 Å². The smallest absolute Gasteiger partial charge is 0.0949 e. The standard InChI is InChI=1S/C17H26BrNO/c1-17(2,3)9-10-20-16(12-19-15-7-8-15)13-5-4-6-14(18)11-13/h4-6,11,15-16,19H,7-10,12H2,1-3H3. The molecule has 1 unspecified atom stereocenters. The Kier molecular flexibility index (Phi) is 5.65. The van der Waals surface area contributed by atoms with Gasteiger partial charge in [0.25, 0.3) is 0 Å². The van der Waals surface area contributed by atoms with E-state index in [4.69, 9.17) is 4.74 Å². The number of benzene rings is 1. The summed E-state index contributed by atoms with van der Waals surface area (Å²) >= 11 is 3.55. The first kappa shape index (κ1) is 16.0. The fourth-order valence-electron chi connectivity index (χ4n) is 2.05. The third-order valence-electron chi connectivity index (χ3n) is 3.56. The third-order valence-corrected chi connectivity index (χ3v) is 4.05. The molecule has 0 aromatic heterocycles. The van der Waals surface area contributed by atoms with Gasteiger partial charge < -0.3 is 10.1 Å². The molecule has 1 aromatic carbocycles. The number of nitrogens with one attached hydrogen (secondary N) is 1. The van der Waals surface area contributed by atoms with Crippen molar-refractivity contribution in [2.75, 3.05) is 13.2 Å². The van der Waals surface area contributed by atoms with Gasteiger partial charge in [-0.25, -0.2) is 0 Å². The van der Waals surface area contributed by atoms with Gasteiger partial charge in [-0.3, -0.25) is 0 Å². The Morgan fingerprint density at radius 2 is 2.10 bits per heavy atom. The van der Waals surface area contributed by atoms with Crippen LogP contribution in [0.1, 0.15) is 51.7 Å². The van der Waals surface area contributed by atoms with Crippen molar-refractivity contribution >= 4 is 15.9 Å². The molecule has 3 heteroatoms. The van der Waals surface area contributed by atoms with Crippen molar-refractivity contribution in [2.45, 2.75) is 52.2 Å². The van der Waals surface area contributed by atoms with Crippen molar-refractivity contribution in [2.24, 2.45) is 5.41 Å². The van der Waals surface area contributed by atoms with Gasteiger partial charge in [0.1, 0.15) is 0 Å². The van der Waals surface area contributed by atoms with E-state index >= 15 is 0 Å². The summed E-state index contributed by atoms with van der Waals surface area (Å²) < 4.78 is 7.27. The Hall–Kier alpha value is -0.380. The van der Waals surface area contributed by atoms with E-state index in [0.717, 1.165) is 30.1 Å². The highest BCUT2D eigenvalue weighted by Gasteiger charge is 2.23. The quantitative estimate of drug-likeness (QED) is 0.777. The lowest BCUT2D eigenvalue weighted by Crippen LogP contribution is -2.26. The molecule has 1 N–H and O–H groups in total. The van der Waals surface area contributed by atoms with E-state index in [1.807, 2.05) is 0 Å². The summed E-state index contributed by atoms with van der Waals surface area (Å²) in [5, 5.41) is 3.58. The predicted octanol–water partition coefficient (Wildman–Crippen LogP) is 4.70. The van der Waals surface area contributed by atoms with E-state index in [1.165, 1.54) is 18.4 Å². The van der Waals surface area contributed by atoms with Crippen LogP contribution in [0.2, 0.25) is 0 Å². The van der Waals surface area contributed by atoms with Crippen molar-refractivity contribution in [3.8, 4) is 0 Å². The predicted molar refractivity (Wildman–Crippen MR) is 87.9 cm³/mol. The van der Waals surface area contributed by atoms with Crippen LogP contribution in [0.4, 0.5) is 0 Å². The lowest BCUT2D eigenvalue weighted by Gasteiger charge is -2.23. The zero-order chi connectivity index (χ0) is 14.6. The molecule has 20 heavy (non-hydrogen) atoms. The maximum atomic E-state index is 6.15. The molecule has 2 nitrogen and oxygen atoms in total. The average molecular weight is 340 g/mol. The summed E-state index contributed by atoms with van der Waals surface area (Å²) in [5.41, 5.74) is 1.58. The van der Waals surface area contributed by atoms with Crippen molar-refractivity contribution in [3.63, 3.8) is 0 Å². The minimum absolute atomic E-state index is 0.149. The second-order valence-electron chi connectivity index (χ2n) is 6.91. The van der Waals surface area contributed by atoms with Crippen LogP contribution in [0.5, 0.6) is 0 Å². The zero-order valence-corrected chi connectivity index (χ0v) is 14.4. The second-order valence-corrected chi connectivity index (χ2v) is 7.82. The van der Waals surface area contributed by atoms with Crippen LogP contribution < -0.4 is 5.32 Å². The van der Waals surface area contributed by atoms with Crippen LogP contribution in [0.15, 0.2) is 28.7 Å². The SMILES string of the molecule is CC(C)(C)CCOC(CNC1CC1)c1cccc(Br)c1. The average Bonchev–Trinajstić information content (AvgIpc) is 3.16. The number of hydrogen-bond acceptors (Lipinski definition) is 2. The molecule has 2 rings (SSSR count). The van der Waals surface area contributed by atoms with E-state index < -0.39 is 0 Å². The summed E-state index contributed by atoms with van der Waals surface area (Å²) in [7, 11) is 0. The normalized spacial score (nSPS) is 17.2. The first-order chi connectivity index (χ1) is 9.44. The molecule has 0 amide bonds. The lowest BCUT2D eigenvalue weighted by molar-refractivity contribution is 0.0367. The molecule has 1 fully saturated rings. The molecular formula is C17H26BrNO. The van der Waals surface area contributed by atoms with Crippen LogP contribution >= 0.6 is 15.9 Å². The molecule has 1 saturated carbocycles. The first-order valence-corrected chi connectivity index (χ1v) is 8.34. The van der Waals surface area contributed by atoms with E-state index in [0.29, 0.717) is 5.41 Å². The van der Waals surface area contributed by atoms with Gasteiger partial charge >= 0.3 is 0 Å². The molecule has 1 aliphatic carbocycles. The van der Waals surface area contributed by atoms with Gasteiger partial charge in [-0.1, -0.05) is 48.8 Å². The number of ether oxygens (including phenoxy) is 1. The lowest BCUT2D eigenvalue weighted by atomic mass is 9.93. The highest BCUT2D eigenvalue weighted by atomic mass is 79.9. The van der Waals surface area contributed by atoms with Crippen molar-refractivity contribution in [3.05, 3.63) is 34.3 Å². The Morgan fingerprint density at radius 1 is 1.35 bits per heavy atom. The van der Waals surface area contributed by atoms with E-state index in [2.05, 4.69) is 66.3 Å². The van der Waals surface area contributed by atoms with Gasteiger partial charge in [0.05, 0.1) is 6.10 Å². The van der Waals surface area contributed by atoms with Crippen LogP contribution in [-0.2, 0) is 4.74 Å². The monoisotopic (exact) mass is 339 g/mol. The van der Waals surface area contributed by atoms with Gasteiger partial charge in [-0.05, 0) is 42.4 Å². The van der Waals surface area contributed by atoms with E-state index in [1.54, 1.807) is 0 Å². The summed E-state index contributed by atoms with van der Waals surface area (Å²) in [5.74, 6) is 0. The van der Waals surface area contributed by atoms with E-state index in [-0.39, 0.29) is 6.10 Å². The highest BCUT2D eigenvalue weighted by molar-refractivity contribution is 9.10. The minimum atomic E-state index is 0.149. The second kappa shape index (κ2) is 7.06. The fourth-order valence-corrected chi connectivity index (χ4v) is 2.47. The molecule has 0 radical (unpaired) electrons. The van der Waals surface area contributed by atoms with Crippen LogP contribution in [-0.4, -0.2) is 19.2 Å². The van der Waals surface area contributed by atoms with Crippen molar-refractivity contribution in [1.82, 2.24) is 5.32 Å².